The summed E-state index contributed by atoms with van der Waals surface area (Å²) in [5, 5.41) is 0.833. The van der Waals surface area contributed by atoms with E-state index in [1.807, 2.05) is 4.57 Å². The summed E-state index contributed by atoms with van der Waals surface area (Å²) in [7, 11) is 0. The van der Waals surface area contributed by atoms with E-state index in [4.69, 9.17) is 4.98 Å². The predicted molar refractivity (Wildman–Crippen MR) is 131 cm³/mol. The van der Waals surface area contributed by atoms with Gasteiger partial charge in [0, 0.05) is 24.7 Å². The number of rotatable bonds is 6. The summed E-state index contributed by atoms with van der Waals surface area (Å²) in [5.74, 6) is 1.54. The zero-order valence-corrected chi connectivity index (χ0v) is 19.6. The van der Waals surface area contributed by atoms with Crippen LogP contribution in [0.25, 0.3) is 11.0 Å². The van der Waals surface area contributed by atoms with E-state index >= 15 is 0 Å². The van der Waals surface area contributed by atoms with E-state index < -0.39 is 0 Å². The van der Waals surface area contributed by atoms with Crippen LogP contribution in [0, 0.1) is 5.92 Å². The van der Waals surface area contributed by atoms with Crippen LogP contribution in [-0.2, 0) is 19.4 Å². The molecule has 170 valence electrons. The number of aryl methyl sites for hydroxylation is 1. The van der Waals surface area contributed by atoms with Gasteiger partial charge in [0.05, 0.1) is 5.39 Å². The molecule has 1 aromatic carbocycles. The third-order valence-corrected chi connectivity index (χ3v) is 7.78. The summed E-state index contributed by atoms with van der Waals surface area (Å²) < 4.78 is 4.48. The zero-order valence-electron chi connectivity index (χ0n) is 19.6. The Balaban J connectivity index is 1.63. The van der Waals surface area contributed by atoms with Crippen molar-refractivity contribution in [3.8, 4) is 0 Å². The summed E-state index contributed by atoms with van der Waals surface area (Å²) in [6, 6.07) is 13.2. The fraction of sp³-hybridized carbons (Fsp3) is 0.571. The zero-order chi connectivity index (χ0) is 21.9. The van der Waals surface area contributed by atoms with E-state index in [2.05, 4.69) is 47.9 Å². The Morgan fingerprint density at radius 1 is 0.938 bits per heavy atom. The average molecular weight is 432 g/mol. The highest BCUT2D eigenvalue weighted by Crippen LogP contribution is 2.33. The highest BCUT2D eigenvalue weighted by atomic mass is 16.1. The first kappa shape index (κ1) is 21.5. The third-order valence-electron chi connectivity index (χ3n) is 7.78. The molecule has 2 aromatic heterocycles. The molecular weight excluding hydrogens is 394 g/mol. The number of fused-ring (bicyclic) bond motifs is 1. The molecule has 4 heteroatoms. The van der Waals surface area contributed by atoms with Gasteiger partial charge in [-0.15, -0.1) is 0 Å². The average Bonchev–Trinajstić information content (AvgIpc) is 3.22. The van der Waals surface area contributed by atoms with E-state index in [-0.39, 0.29) is 5.56 Å². The van der Waals surface area contributed by atoms with Crippen molar-refractivity contribution >= 4 is 11.0 Å². The highest BCUT2D eigenvalue weighted by Gasteiger charge is 2.25. The Morgan fingerprint density at radius 3 is 2.31 bits per heavy atom. The Hall–Kier alpha value is -2.36. The molecule has 0 N–H and O–H groups in total. The number of benzene rings is 1. The molecule has 0 unspecified atom stereocenters. The van der Waals surface area contributed by atoms with E-state index in [1.165, 1.54) is 75.5 Å². The standard InChI is InChI=1S/C28H37N3O/c1-2-23-19-25-27(31(23)24-16-10-5-11-17-24)29-26(18-21-12-6-3-7-13-21)30(28(25)32)20-22-14-8-4-9-15-22/h3,6-7,12-13,19,22,24H,2,4-5,8-11,14-18,20H2,1H3. The van der Waals surface area contributed by atoms with Crippen molar-refractivity contribution in [3.63, 3.8) is 0 Å². The molecule has 32 heavy (non-hydrogen) atoms. The summed E-state index contributed by atoms with van der Waals surface area (Å²) in [6.07, 6.45) is 14.4. The van der Waals surface area contributed by atoms with Gasteiger partial charge in [-0.05, 0) is 49.7 Å². The molecule has 2 heterocycles. The maximum atomic E-state index is 13.9. The van der Waals surface area contributed by atoms with E-state index in [0.717, 1.165) is 36.2 Å². The highest BCUT2D eigenvalue weighted by molar-refractivity contribution is 5.77. The molecule has 2 saturated carbocycles. The molecular formula is C28H37N3O. The molecule has 0 spiro atoms. The second-order valence-electron chi connectivity index (χ2n) is 10.00. The summed E-state index contributed by atoms with van der Waals surface area (Å²) in [5.41, 5.74) is 3.61. The minimum atomic E-state index is 0.177. The van der Waals surface area contributed by atoms with Crippen LogP contribution < -0.4 is 5.56 Å². The first-order chi connectivity index (χ1) is 15.7. The lowest BCUT2D eigenvalue weighted by Crippen LogP contribution is -2.29. The summed E-state index contributed by atoms with van der Waals surface area (Å²) in [4.78, 5) is 19.2. The van der Waals surface area contributed by atoms with Gasteiger partial charge < -0.3 is 4.57 Å². The maximum absolute atomic E-state index is 13.9. The van der Waals surface area contributed by atoms with Crippen molar-refractivity contribution in [2.75, 3.05) is 0 Å². The Bertz CT molecular complexity index is 1100. The summed E-state index contributed by atoms with van der Waals surface area (Å²) >= 11 is 0. The van der Waals surface area contributed by atoms with Crippen LogP contribution in [0.4, 0.5) is 0 Å². The third kappa shape index (κ3) is 4.29. The van der Waals surface area contributed by atoms with Crippen LogP contribution in [0.2, 0.25) is 0 Å². The molecule has 0 aliphatic heterocycles. The maximum Gasteiger partial charge on any atom is 0.263 e. The Kier molecular flexibility index (Phi) is 6.47. The number of hydrogen-bond acceptors (Lipinski definition) is 2. The van der Waals surface area contributed by atoms with E-state index in [9.17, 15) is 4.79 Å². The van der Waals surface area contributed by atoms with Crippen molar-refractivity contribution in [1.82, 2.24) is 14.1 Å². The van der Waals surface area contributed by atoms with Gasteiger partial charge in [0.15, 0.2) is 0 Å². The Morgan fingerprint density at radius 2 is 1.62 bits per heavy atom. The minimum Gasteiger partial charge on any atom is -0.326 e. The van der Waals surface area contributed by atoms with Crippen LogP contribution in [0.15, 0.2) is 41.2 Å². The molecule has 0 radical (unpaired) electrons. The molecule has 0 bridgehead atoms. The van der Waals surface area contributed by atoms with Crippen molar-refractivity contribution in [2.45, 2.75) is 96.6 Å². The number of nitrogens with zero attached hydrogens (tertiary/aromatic N) is 3. The number of aromatic nitrogens is 3. The van der Waals surface area contributed by atoms with E-state index in [0.29, 0.717) is 12.0 Å². The molecule has 4 nitrogen and oxygen atoms in total. The lowest BCUT2D eigenvalue weighted by Gasteiger charge is -2.26. The topological polar surface area (TPSA) is 39.8 Å². The molecule has 0 atom stereocenters. The first-order valence-electron chi connectivity index (χ1n) is 12.9. The number of hydrogen-bond donors (Lipinski definition) is 0. The molecule has 2 aliphatic rings. The van der Waals surface area contributed by atoms with Gasteiger partial charge >= 0.3 is 0 Å². The van der Waals surface area contributed by atoms with Crippen LogP contribution in [0.5, 0.6) is 0 Å². The lowest BCUT2D eigenvalue weighted by molar-refractivity contribution is 0.312. The summed E-state index contributed by atoms with van der Waals surface area (Å²) in [6.45, 7) is 3.03. The van der Waals surface area contributed by atoms with Crippen LogP contribution in [-0.4, -0.2) is 14.1 Å². The van der Waals surface area contributed by atoms with Crippen molar-refractivity contribution < 1.29 is 0 Å². The van der Waals surface area contributed by atoms with E-state index in [1.54, 1.807) is 0 Å². The van der Waals surface area contributed by atoms with Crippen LogP contribution in [0.3, 0.4) is 0 Å². The largest absolute Gasteiger partial charge is 0.326 e. The van der Waals surface area contributed by atoms with Gasteiger partial charge in [0.1, 0.15) is 11.5 Å². The molecule has 2 aliphatic carbocycles. The van der Waals surface area contributed by atoms with Gasteiger partial charge in [-0.2, -0.15) is 0 Å². The van der Waals surface area contributed by atoms with Crippen molar-refractivity contribution in [1.29, 1.82) is 0 Å². The SMILES string of the molecule is CCc1cc2c(=O)n(CC3CCCCC3)c(Cc3ccccc3)nc2n1C1CCCCC1. The molecule has 5 rings (SSSR count). The molecule has 3 aromatic rings. The molecule has 0 amide bonds. The van der Waals surface area contributed by atoms with Gasteiger partial charge in [0.2, 0.25) is 0 Å². The molecule has 0 saturated heterocycles. The Labute approximate surface area is 191 Å². The lowest BCUT2D eigenvalue weighted by atomic mass is 9.89. The van der Waals surface area contributed by atoms with Gasteiger partial charge in [-0.1, -0.05) is 75.8 Å². The van der Waals surface area contributed by atoms with Gasteiger partial charge in [-0.3, -0.25) is 9.36 Å². The van der Waals surface area contributed by atoms with Crippen molar-refractivity contribution in [3.05, 3.63) is 63.8 Å². The van der Waals surface area contributed by atoms with Gasteiger partial charge in [0.25, 0.3) is 5.56 Å². The van der Waals surface area contributed by atoms with Gasteiger partial charge in [-0.25, -0.2) is 4.98 Å². The van der Waals surface area contributed by atoms with Crippen molar-refractivity contribution in [2.24, 2.45) is 5.92 Å². The first-order valence-corrected chi connectivity index (χ1v) is 12.9. The normalized spacial score (nSPS) is 18.4. The van der Waals surface area contributed by atoms with Crippen LogP contribution >= 0.6 is 0 Å². The monoisotopic (exact) mass is 431 g/mol. The predicted octanol–water partition coefficient (Wildman–Crippen LogP) is 6.44. The quantitative estimate of drug-likeness (QED) is 0.451. The van der Waals surface area contributed by atoms with Crippen LogP contribution in [0.1, 0.15) is 94.3 Å². The fourth-order valence-corrected chi connectivity index (χ4v) is 6.03. The smallest absolute Gasteiger partial charge is 0.263 e. The molecule has 2 fully saturated rings. The fourth-order valence-electron chi connectivity index (χ4n) is 6.03. The minimum absolute atomic E-state index is 0.177. The second-order valence-corrected chi connectivity index (χ2v) is 10.00. The second kappa shape index (κ2) is 9.64.